The minimum Gasteiger partial charge on any atom is -0.467 e. The number of benzene rings is 1. The minimum atomic E-state index is -0.909. The lowest BCUT2D eigenvalue weighted by Crippen LogP contribution is -2.47. The minimum absolute atomic E-state index is 0.0788. The second-order valence-electron chi connectivity index (χ2n) is 7.79. The number of nitrogens with one attached hydrogen (secondary N) is 2. The Balaban J connectivity index is 1.49. The summed E-state index contributed by atoms with van der Waals surface area (Å²) >= 11 is 0. The first kappa shape index (κ1) is 22.9. The van der Waals surface area contributed by atoms with Crippen LogP contribution in [-0.4, -0.2) is 36.2 Å². The monoisotopic (exact) mass is 487 g/mol. The maximum atomic E-state index is 13.3. The summed E-state index contributed by atoms with van der Waals surface area (Å²) in [4.78, 5) is 43.0. The molecule has 0 aliphatic carbocycles. The Morgan fingerprint density at radius 1 is 1.00 bits per heavy atom. The molecule has 1 aliphatic rings. The topological polar surface area (TPSA) is 133 Å². The zero-order chi connectivity index (χ0) is 25.1. The number of carbonyl (C=O) groups excluding carboxylic acids is 3. The van der Waals surface area contributed by atoms with Crippen molar-refractivity contribution in [3.8, 4) is 11.5 Å². The predicted octanol–water partition coefficient (Wildman–Crippen LogP) is 4.12. The van der Waals surface area contributed by atoms with E-state index in [0.717, 1.165) is 0 Å². The third-order valence-corrected chi connectivity index (χ3v) is 5.53. The molecule has 0 saturated heterocycles. The van der Waals surface area contributed by atoms with Gasteiger partial charge in [0.2, 0.25) is 0 Å². The van der Waals surface area contributed by atoms with Gasteiger partial charge in [0, 0.05) is 5.39 Å². The lowest BCUT2D eigenvalue weighted by atomic mass is 10.0. The number of rotatable bonds is 7. The number of aromatic nitrogens is 1. The fraction of sp³-hybridized carbons (Fsp3) is 0.154. The van der Waals surface area contributed by atoms with E-state index in [4.69, 9.17) is 18.3 Å². The SMILES string of the molecule is CCOC(=O)C1=C(COC(=O)c2cc(-c3ccco3)nc3ccccc23)NC(=O)N[C@@H]1c1ccco1. The number of pyridine rings is 1. The van der Waals surface area contributed by atoms with Gasteiger partial charge in [-0.2, -0.15) is 0 Å². The number of carbonyl (C=O) groups is 3. The summed E-state index contributed by atoms with van der Waals surface area (Å²) in [6, 6.07) is 14.0. The highest BCUT2D eigenvalue weighted by atomic mass is 16.5. The highest BCUT2D eigenvalue weighted by molar-refractivity contribution is 6.04. The highest BCUT2D eigenvalue weighted by Gasteiger charge is 2.36. The summed E-state index contributed by atoms with van der Waals surface area (Å²) in [6.07, 6.45) is 2.94. The number of para-hydroxylation sites is 1. The van der Waals surface area contributed by atoms with Gasteiger partial charge in [-0.3, -0.25) is 0 Å². The van der Waals surface area contributed by atoms with E-state index >= 15 is 0 Å². The molecule has 2 N–H and O–H groups in total. The molecule has 0 saturated carbocycles. The van der Waals surface area contributed by atoms with Crippen LogP contribution in [0.25, 0.3) is 22.4 Å². The van der Waals surface area contributed by atoms with Crippen molar-refractivity contribution >= 4 is 28.9 Å². The van der Waals surface area contributed by atoms with Crippen molar-refractivity contribution in [1.29, 1.82) is 0 Å². The lowest BCUT2D eigenvalue weighted by molar-refractivity contribution is -0.139. The van der Waals surface area contributed by atoms with E-state index in [-0.39, 0.29) is 30.0 Å². The van der Waals surface area contributed by atoms with Crippen LogP contribution in [0.1, 0.15) is 29.1 Å². The third-order valence-electron chi connectivity index (χ3n) is 5.53. The van der Waals surface area contributed by atoms with Crippen molar-refractivity contribution in [3.05, 3.63) is 89.7 Å². The summed E-state index contributed by atoms with van der Waals surface area (Å²) < 4.78 is 21.6. The van der Waals surface area contributed by atoms with E-state index in [9.17, 15) is 14.4 Å². The van der Waals surface area contributed by atoms with Gasteiger partial charge in [0.1, 0.15) is 24.1 Å². The standard InChI is InChI=1S/C26H21N3O7/c1-2-33-25(31)22-19(28-26(32)29-23(22)21-10-6-12-35-21)14-36-24(30)16-13-18(20-9-5-11-34-20)27-17-8-4-3-7-15(16)17/h3-13,23H,2,14H2,1H3,(H2,28,29,32)/t23-/m1/s1. The van der Waals surface area contributed by atoms with Crippen LogP contribution in [0, 0.1) is 0 Å². The highest BCUT2D eigenvalue weighted by Crippen LogP contribution is 2.29. The third kappa shape index (κ3) is 4.43. The molecule has 5 rings (SSSR count). The first-order chi connectivity index (χ1) is 17.5. The van der Waals surface area contributed by atoms with E-state index in [1.54, 1.807) is 55.5 Å². The van der Waals surface area contributed by atoms with E-state index < -0.39 is 24.0 Å². The van der Waals surface area contributed by atoms with Crippen LogP contribution in [0.3, 0.4) is 0 Å². The van der Waals surface area contributed by atoms with Crippen molar-refractivity contribution < 1.29 is 32.7 Å². The number of ether oxygens (including phenoxy) is 2. The predicted molar refractivity (Wildman–Crippen MR) is 127 cm³/mol. The van der Waals surface area contributed by atoms with Crippen molar-refractivity contribution in [3.63, 3.8) is 0 Å². The van der Waals surface area contributed by atoms with E-state index in [1.165, 1.54) is 12.5 Å². The molecular formula is C26H21N3O7. The van der Waals surface area contributed by atoms with E-state index in [1.807, 2.05) is 6.07 Å². The zero-order valence-corrected chi connectivity index (χ0v) is 19.1. The largest absolute Gasteiger partial charge is 0.467 e. The van der Waals surface area contributed by atoms with Crippen LogP contribution < -0.4 is 10.6 Å². The molecule has 4 heterocycles. The number of nitrogens with zero attached hydrogens (tertiary/aromatic N) is 1. The van der Waals surface area contributed by atoms with Gasteiger partial charge < -0.3 is 28.9 Å². The smallest absolute Gasteiger partial charge is 0.339 e. The number of fused-ring (bicyclic) bond motifs is 1. The molecule has 10 nitrogen and oxygen atoms in total. The molecule has 0 fully saturated rings. The fourth-order valence-corrected chi connectivity index (χ4v) is 3.96. The number of hydrogen-bond donors (Lipinski definition) is 2. The number of amides is 2. The maximum Gasteiger partial charge on any atom is 0.339 e. The molecule has 36 heavy (non-hydrogen) atoms. The Hall–Kier alpha value is -4.86. The molecule has 182 valence electrons. The Kier molecular flexibility index (Phi) is 6.23. The molecule has 3 aromatic heterocycles. The molecule has 1 aliphatic heterocycles. The molecule has 0 spiro atoms. The second kappa shape index (κ2) is 9.79. The van der Waals surface area contributed by atoms with Crippen LogP contribution in [-0.2, 0) is 14.3 Å². The Bertz CT molecular complexity index is 1460. The molecule has 10 heteroatoms. The van der Waals surface area contributed by atoms with Gasteiger partial charge in [0.15, 0.2) is 5.76 Å². The average molecular weight is 487 g/mol. The molecule has 0 unspecified atom stereocenters. The Labute approximate surface area is 204 Å². The van der Waals surface area contributed by atoms with Crippen LogP contribution in [0.4, 0.5) is 4.79 Å². The van der Waals surface area contributed by atoms with E-state index in [0.29, 0.717) is 28.1 Å². The molecule has 0 radical (unpaired) electrons. The molecule has 1 atom stereocenters. The average Bonchev–Trinajstić information content (AvgIpc) is 3.61. The number of furan rings is 2. The van der Waals surface area contributed by atoms with Crippen LogP contribution in [0.2, 0.25) is 0 Å². The summed E-state index contributed by atoms with van der Waals surface area (Å²) in [7, 11) is 0. The van der Waals surface area contributed by atoms with Crippen molar-refractivity contribution in [2.75, 3.05) is 13.2 Å². The van der Waals surface area contributed by atoms with Crippen molar-refractivity contribution in [2.45, 2.75) is 13.0 Å². The number of hydrogen-bond acceptors (Lipinski definition) is 8. The molecule has 4 aromatic rings. The van der Waals surface area contributed by atoms with Gasteiger partial charge in [-0.05, 0) is 43.3 Å². The van der Waals surface area contributed by atoms with Gasteiger partial charge in [-0.1, -0.05) is 18.2 Å². The first-order valence-electron chi connectivity index (χ1n) is 11.2. The normalized spacial score (nSPS) is 15.4. The molecule has 1 aromatic carbocycles. The maximum absolute atomic E-state index is 13.3. The van der Waals surface area contributed by atoms with Crippen LogP contribution in [0.15, 0.2) is 87.2 Å². The van der Waals surface area contributed by atoms with Gasteiger partial charge in [0.05, 0.1) is 41.5 Å². The van der Waals surface area contributed by atoms with Gasteiger partial charge >= 0.3 is 18.0 Å². The van der Waals surface area contributed by atoms with Crippen molar-refractivity contribution in [1.82, 2.24) is 15.6 Å². The summed E-state index contributed by atoms with van der Waals surface area (Å²) in [5, 5.41) is 5.78. The second-order valence-corrected chi connectivity index (χ2v) is 7.79. The summed E-state index contributed by atoms with van der Waals surface area (Å²) in [5.41, 5.74) is 1.47. The van der Waals surface area contributed by atoms with E-state index in [2.05, 4.69) is 15.6 Å². The van der Waals surface area contributed by atoms with Gasteiger partial charge in [-0.15, -0.1) is 0 Å². The number of urea groups is 1. The van der Waals surface area contributed by atoms with Crippen LogP contribution >= 0.6 is 0 Å². The fourth-order valence-electron chi connectivity index (χ4n) is 3.96. The summed E-state index contributed by atoms with van der Waals surface area (Å²) in [6.45, 7) is 1.40. The lowest BCUT2D eigenvalue weighted by Gasteiger charge is -2.27. The Morgan fingerprint density at radius 2 is 1.81 bits per heavy atom. The molecular weight excluding hydrogens is 466 g/mol. The Morgan fingerprint density at radius 3 is 2.56 bits per heavy atom. The quantitative estimate of drug-likeness (QED) is 0.372. The van der Waals surface area contributed by atoms with Gasteiger partial charge in [-0.25, -0.2) is 19.4 Å². The van der Waals surface area contributed by atoms with Crippen molar-refractivity contribution in [2.24, 2.45) is 0 Å². The first-order valence-corrected chi connectivity index (χ1v) is 11.2. The van der Waals surface area contributed by atoms with Gasteiger partial charge in [0.25, 0.3) is 0 Å². The zero-order valence-electron chi connectivity index (χ0n) is 19.1. The summed E-state index contributed by atoms with van der Waals surface area (Å²) in [5.74, 6) is -0.514. The number of esters is 2. The molecule has 0 bridgehead atoms. The van der Waals surface area contributed by atoms with Crippen LogP contribution in [0.5, 0.6) is 0 Å². The molecule has 2 amide bonds.